The summed E-state index contributed by atoms with van der Waals surface area (Å²) < 4.78 is 5.60. The summed E-state index contributed by atoms with van der Waals surface area (Å²) in [5.74, 6) is -1.30. The van der Waals surface area contributed by atoms with Crippen molar-refractivity contribution in [3.8, 4) is 33.9 Å². The Balaban J connectivity index is 1.20. The van der Waals surface area contributed by atoms with E-state index in [4.69, 9.17) is 9.72 Å². The number of carbonyl (C=O) groups is 2. The third kappa shape index (κ3) is 5.53. The average Bonchev–Trinajstić information content (AvgIpc) is 3.34. The van der Waals surface area contributed by atoms with Crippen LogP contribution in [0.15, 0.2) is 109 Å². The molecule has 1 atom stereocenters. The molecule has 202 valence electrons. The van der Waals surface area contributed by atoms with E-state index in [0.29, 0.717) is 28.3 Å². The van der Waals surface area contributed by atoms with Crippen molar-refractivity contribution in [3.05, 3.63) is 126 Å². The number of benzene rings is 2. The molecule has 1 amide bonds. The van der Waals surface area contributed by atoms with Gasteiger partial charge in [0.25, 0.3) is 0 Å². The van der Waals surface area contributed by atoms with Gasteiger partial charge in [-0.3, -0.25) is 9.97 Å². The highest BCUT2D eigenvalue weighted by Gasteiger charge is 2.30. The minimum absolute atomic E-state index is 0.0156. The summed E-state index contributed by atoms with van der Waals surface area (Å²) in [6.07, 6.45) is 2.57. The molecule has 0 aliphatic heterocycles. The second-order valence-corrected chi connectivity index (χ2v) is 9.74. The number of amides is 1. The van der Waals surface area contributed by atoms with E-state index in [1.165, 1.54) is 0 Å². The third-order valence-electron chi connectivity index (χ3n) is 7.11. The van der Waals surface area contributed by atoms with Crippen LogP contribution >= 0.6 is 0 Å². The van der Waals surface area contributed by atoms with Crippen molar-refractivity contribution in [2.45, 2.75) is 18.4 Å². The number of carboxylic acid groups (broad SMARTS) is 1. The lowest BCUT2D eigenvalue weighted by molar-refractivity contribution is -0.139. The standard InChI is InChI=1S/C33H26N4O4/c38-32(39)31(37-33(40)41-20-26-24-11-3-1-9-22(24)23-10-2-4-12-25(23)26)19-21-17-29(27-13-5-7-15-34-27)36-30(18-21)28-14-6-8-16-35-28/h1-18,26,31H,19-20H2,(H,37,40)(H,38,39). The van der Waals surface area contributed by atoms with Crippen LogP contribution in [0.1, 0.15) is 22.6 Å². The van der Waals surface area contributed by atoms with Gasteiger partial charge >= 0.3 is 12.1 Å². The van der Waals surface area contributed by atoms with Crippen molar-refractivity contribution in [2.75, 3.05) is 6.61 Å². The molecule has 2 aromatic carbocycles. The van der Waals surface area contributed by atoms with Crippen LogP contribution in [0.4, 0.5) is 4.79 Å². The smallest absolute Gasteiger partial charge is 0.407 e. The van der Waals surface area contributed by atoms with E-state index in [0.717, 1.165) is 22.3 Å². The van der Waals surface area contributed by atoms with Gasteiger partial charge in [-0.05, 0) is 64.2 Å². The van der Waals surface area contributed by atoms with E-state index in [9.17, 15) is 14.7 Å². The van der Waals surface area contributed by atoms with Crippen LogP contribution in [0.2, 0.25) is 0 Å². The van der Waals surface area contributed by atoms with Crippen LogP contribution in [-0.4, -0.2) is 44.8 Å². The average molecular weight is 543 g/mol. The van der Waals surface area contributed by atoms with Crippen LogP contribution in [0.5, 0.6) is 0 Å². The topological polar surface area (TPSA) is 114 Å². The van der Waals surface area contributed by atoms with Crippen LogP contribution in [0.3, 0.4) is 0 Å². The SMILES string of the molecule is O=C(NC(Cc1cc(-c2ccccn2)nc(-c2ccccn2)c1)C(=O)O)OCC1c2ccccc2-c2ccccc21. The minimum Gasteiger partial charge on any atom is -0.480 e. The lowest BCUT2D eigenvalue weighted by Crippen LogP contribution is -2.43. The second kappa shape index (κ2) is 11.4. The van der Waals surface area contributed by atoms with Gasteiger partial charge in [-0.25, -0.2) is 14.6 Å². The molecule has 1 unspecified atom stereocenters. The first-order valence-electron chi connectivity index (χ1n) is 13.2. The van der Waals surface area contributed by atoms with Gasteiger partial charge in [0.1, 0.15) is 12.6 Å². The largest absolute Gasteiger partial charge is 0.480 e. The second-order valence-electron chi connectivity index (χ2n) is 9.74. The first kappa shape index (κ1) is 25.9. The molecule has 0 radical (unpaired) electrons. The Morgan fingerprint density at radius 2 is 1.29 bits per heavy atom. The summed E-state index contributed by atoms with van der Waals surface area (Å²) >= 11 is 0. The van der Waals surface area contributed by atoms with Gasteiger partial charge in [0.15, 0.2) is 0 Å². The summed E-state index contributed by atoms with van der Waals surface area (Å²) in [5, 5.41) is 12.5. The highest BCUT2D eigenvalue weighted by atomic mass is 16.5. The number of fused-ring (bicyclic) bond motifs is 3. The molecular weight excluding hydrogens is 516 g/mol. The molecule has 0 fully saturated rings. The monoisotopic (exact) mass is 542 g/mol. The van der Waals surface area contributed by atoms with Gasteiger partial charge in [0, 0.05) is 24.7 Å². The highest BCUT2D eigenvalue weighted by Crippen LogP contribution is 2.44. The third-order valence-corrected chi connectivity index (χ3v) is 7.11. The van der Waals surface area contributed by atoms with Crippen LogP contribution in [0.25, 0.3) is 33.9 Å². The Hall–Kier alpha value is -5.37. The van der Waals surface area contributed by atoms with E-state index in [1.54, 1.807) is 24.5 Å². The number of nitrogens with zero attached hydrogens (tertiary/aromatic N) is 3. The van der Waals surface area contributed by atoms with Crippen molar-refractivity contribution >= 4 is 12.1 Å². The zero-order valence-corrected chi connectivity index (χ0v) is 22.0. The summed E-state index contributed by atoms with van der Waals surface area (Å²) in [4.78, 5) is 38.6. The van der Waals surface area contributed by atoms with Gasteiger partial charge in [0.2, 0.25) is 0 Å². The molecule has 8 nitrogen and oxygen atoms in total. The molecule has 5 aromatic rings. The maximum Gasteiger partial charge on any atom is 0.407 e. The Labute approximate surface area is 236 Å². The molecular formula is C33H26N4O4. The maximum atomic E-state index is 12.9. The number of hydrogen-bond donors (Lipinski definition) is 2. The zero-order valence-electron chi connectivity index (χ0n) is 22.0. The number of ether oxygens (including phenoxy) is 1. The number of carbonyl (C=O) groups excluding carboxylic acids is 1. The fourth-order valence-electron chi connectivity index (χ4n) is 5.21. The van der Waals surface area contributed by atoms with E-state index in [2.05, 4.69) is 27.4 Å². The van der Waals surface area contributed by atoms with Gasteiger partial charge < -0.3 is 15.2 Å². The first-order chi connectivity index (χ1) is 20.1. The van der Waals surface area contributed by atoms with Gasteiger partial charge in [-0.15, -0.1) is 0 Å². The molecule has 41 heavy (non-hydrogen) atoms. The van der Waals surface area contributed by atoms with E-state index in [-0.39, 0.29) is 18.9 Å². The predicted molar refractivity (Wildman–Crippen MR) is 154 cm³/mol. The molecule has 0 saturated heterocycles. The fourth-order valence-corrected chi connectivity index (χ4v) is 5.21. The van der Waals surface area contributed by atoms with E-state index >= 15 is 0 Å². The molecule has 2 N–H and O–H groups in total. The number of hydrogen-bond acceptors (Lipinski definition) is 6. The van der Waals surface area contributed by atoms with Crippen molar-refractivity contribution in [1.29, 1.82) is 0 Å². The number of aromatic nitrogens is 3. The number of pyridine rings is 3. The van der Waals surface area contributed by atoms with Crippen molar-refractivity contribution < 1.29 is 19.4 Å². The lowest BCUT2D eigenvalue weighted by atomic mass is 9.98. The van der Waals surface area contributed by atoms with Crippen molar-refractivity contribution in [2.24, 2.45) is 0 Å². The quantitative estimate of drug-likeness (QED) is 0.257. The number of alkyl carbamates (subject to hydrolysis) is 1. The van der Waals surface area contributed by atoms with Crippen molar-refractivity contribution in [3.63, 3.8) is 0 Å². The molecule has 0 spiro atoms. The molecule has 0 saturated carbocycles. The van der Waals surface area contributed by atoms with Crippen LogP contribution < -0.4 is 5.32 Å². The number of aliphatic carboxylic acids is 1. The molecule has 0 bridgehead atoms. The van der Waals surface area contributed by atoms with E-state index < -0.39 is 18.1 Å². The Bertz CT molecular complexity index is 1610. The highest BCUT2D eigenvalue weighted by molar-refractivity contribution is 5.81. The van der Waals surface area contributed by atoms with Crippen LogP contribution in [0, 0.1) is 0 Å². The Morgan fingerprint density at radius 1 is 0.756 bits per heavy atom. The van der Waals surface area contributed by atoms with Gasteiger partial charge in [-0.1, -0.05) is 60.7 Å². The summed E-state index contributed by atoms with van der Waals surface area (Å²) in [6, 6.07) is 29.4. The summed E-state index contributed by atoms with van der Waals surface area (Å²) in [7, 11) is 0. The molecule has 3 heterocycles. The number of nitrogens with one attached hydrogen (secondary N) is 1. The normalized spacial score (nSPS) is 12.7. The molecule has 1 aliphatic rings. The zero-order chi connectivity index (χ0) is 28.2. The van der Waals surface area contributed by atoms with Crippen molar-refractivity contribution in [1.82, 2.24) is 20.3 Å². The molecule has 6 rings (SSSR count). The Kier molecular flexibility index (Phi) is 7.19. The van der Waals surface area contributed by atoms with Gasteiger partial charge in [-0.2, -0.15) is 0 Å². The predicted octanol–water partition coefficient (Wildman–Crippen LogP) is 5.74. The minimum atomic E-state index is -1.22. The number of carboxylic acids is 1. The summed E-state index contributed by atoms with van der Waals surface area (Å²) in [5.41, 5.74) is 7.49. The molecule has 8 heteroatoms. The Morgan fingerprint density at radius 3 is 1.80 bits per heavy atom. The fraction of sp³-hybridized carbons (Fsp3) is 0.121. The maximum absolute atomic E-state index is 12.9. The van der Waals surface area contributed by atoms with E-state index in [1.807, 2.05) is 72.8 Å². The summed E-state index contributed by atoms with van der Waals surface area (Å²) in [6.45, 7) is 0.0924. The number of rotatable bonds is 8. The first-order valence-corrected chi connectivity index (χ1v) is 13.2. The molecule has 1 aliphatic carbocycles. The lowest BCUT2D eigenvalue weighted by Gasteiger charge is -2.18. The van der Waals surface area contributed by atoms with Crippen LogP contribution in [-0.2, 0) is 16.0 Å². The molecule has 3 aromatic heterocycles. The van der Waals surface area contributed by atoms with Gasteiger partial charge in [0.05, 0.1) is 22.8 Å².